The topological polar surface area (TPSA) is 84.1 Å². The van der Waals surface area contributed by atoms with Gasteiger partial charge in [-0.15, -0.1) is 0 Å². The average Bonchev–Trinajstić information content (AvgIpc) is 3.03. The van der Waals surface area contributed by atoms with E-state index in [-0.39, 0.29) is 12.1 Å². The minimum absolute atomic E-state index is 0.0473. The quantitative estimate of drug-likeness (QED) is 0.814. The molecule has 2 rings (SSSR count). The third kappa shape index (κ3) is 4.34. The number of nitrogens with one attached hydrogen (secondary N) is 2. The monoisotopic (exact) mass is 341 g/mol. The van der Waals surface area contributed by atoms with E-state index in [0.717, 1.165) is 13.3 Å². The van der Waals surface area contributed by atoms with Gasteiger partial charge in [0, 0.05) is 23.9 Å². The van der Waals surface area contributed by atoms with Gasteiger partial charge in [0.1, 0.15) is 6.04 Å². The largest absolute Gasteiger partial charge is 0.467 e. The van der Waals surface area contributed by atoms with Gasteiger partial charge >= 0.3 is 12.1 Å². The zero-order valence-electron chi connectivity index (χ0n) is 12.6. The van der Waals surface area contributed by atoms with Crippen molar-refractivity contribution in [3.8, 4) is 0 Å². The first-order valence-corrected chi connectivity index (χ1v) is 6.86. The van der Waals surface area contributed by atoms with Crippen LogP contribution in [0.2, 0.25) is 0 Å². The molecule has 0 radical (unpaired) electrons. The zero-order chi connectivity index (χ0) is 17.7. The molecule has 1 atom stereocenters. The first-order chi connectivity index (χ1) is 11.3. The summed E-state index contributed by atoms with van der Waals surface area (Å²) in [6.07, 6.45) is -3.87. The van der Waals surface area contributed by atoms with E-state index in [0.29, 0.717) is 5.56 Å². The molecule has 1 heterocycles. The third-order valence-electron chi connectivity index (χ3n) is 3.15. The summed E-state index contributed by atoms with van der Waals surface area (Å²) in [5, 5.41) is 2.44. The Morgan fingerprint density at radius 3 is 2.50 bits per heavy atom. The molecule has 6 nitrogen and oxygen atoms in total. The summed E-state index contributed by atoms with van der Waals surface area (Å²) in [5.74, 6) is -2.49. The first-order valence-electron chi connectivity index (χ1n) is 6.86. The number of amides is 1. The summed E-state index contributed by atoms with van der Waals surface area (Å²) in [4.78, 5) is 29.2. The van der Waals surface area contributed by atoms with Crippen molar-refractivity contribution in [1.29, 1.82) is 0 Å². The van der Waals surface area contributed by atoms with Gasteiger partial charge in [-0.2, -0.15) is 13.2 Å². The molecule has 0 aliphatic carbocycles. The molecule has 0 spiro atoms. The molecule has 0 saturated heterocycles. The van der Waals surface area contributed by atoms with Crippen LogP contribution in [0.5, 0.6) is 0 Å². The number of aromatic amines is 1. The minimum atomic E-state index is -4.62. The fourth-order valence-electron chi connectivity index (χ4n) is 1.99. The highest BCUT2D eigenvalue weighted by Gasteiger charge is 2.35. The van der Waals surface area contributed by atoms with E-state index in [2.05, 4.69) is 20.0 Å². The molecule has 128 valence electrons. The molecule has 24 heavy (non-hydrogen) atoms. The van der Waals surface area contributed by atoms with Crippen LogP contribution < -0.4 is 5.32 Å². The summed E-state index contributed by atoms with van der Waals surface area (Å²) in [7, 11) is 1.12. The molecule has 1 unspecified atom stereocenters. The van der Waals surface area contributed by atoms with E-state index in [1.54, 1.807) is 30.3 Å². The second-order valence-electron chi connectivity index (χ2n) is 4.87. The van der Waals surface area contributed by atoms with Crippen LogP contribution in [0, 0.1) is 0 Å². The number of H-pyrrole nitrogens is 1. The molecule has 0 saturated carbocycles. The number of aromatic nitrogens is 2. The molecule has 1 aromatic carbocycles. The number of methoxy groups -OCH3 is 1. The molecule has 0 fully saturated rings. The molecule has 0 aliphatic rings. The van der Waals surface area contributed by atoms with Crippen molar-refractivity contribution in [2.24, 2.45) is 0 Å². The number of ether oxygens (including phenoxy) is 1. The van der Waals surface area contributed by atoms with Crippen molar-refractivity contribution in [2.75, 3.05) is 7.11 Å². The summed E-state index contributed by atoms with van der Waals surface area (Å²) in [5.41, 5.74) is 0.359. The van der Waals surface area contributed by atoms with Crippen molar-refractivity contribution in [2.45, 2.75) is 18.6 Å². The molecular formula is C15H14F3N3O3. The Morgan fingerprint density at radius 2 is 1.96 bits per heavy atom. The number of esters is 1. The maximum atomic E-state index is 12.5. The lowest BCUT2D eigenvalue weighted by molar-refractivity contribution is -0.144. The van der Waals surface area contributed by atoms with Crippen molar-refractivity contribution in [3.63, 3.8) is 0 Å². The SMILES string of the molecule is COC(=O)C(Cc1cnc(C(F)(F)F)[nH]1)NC(=O)c1ccccc1. The highest BCUT2D eigenvalue weighted by molar-refractivity contribution is 5.96. The molecule has 0 bridgehead atoms. The molecular weight excluding hydrogens is 327 g/mol. The first kappa shape index (κ1) is 17.5. The lowest BCUT2D eigenvalue weighted by Crippen LogP contribution is -2.43. The lowest BCUT2D eigenvalue weighted by atomic mass is 10.1. The van der Waals surface area contributed by atoms with Crippen molar-refractivity contribution in [3.05, 3.63) is 53.6 Å². The fourth-order valence-corrected chi connectivity index (χ4v) is 1.99. The predicted molar refractivity (Wildman–Crippen MR) is 77.0 cm³/mol. The summed E-state index contributed by atoms with van der Waals surface area (Å²) in [6, 6.07) is 6.95. The van der Waals surface area contributed by atoms with Gasteiger partial charge in [-0.3, -0.25) is 4.79 Å². The summed E-state index contributed by atoms with van der Waals surface area (Å²) < 4.78 is 42.2. The molecule has 2 N–H and O–H groups in total. The lowest BCUT2D eigenvalue weighted by Gasteiger charge is -2.15. The Labute approximate surface area is 135 Å². The number of hydrogen-bond acceptors (Lipinski definition) is 4. The number of alkyl halides is 3. The summed E-state index contributed by atoms with van der Waals surface area (Å²) >= 11 is 0. The van der Waals surface area contributed by atoms with E-state index < -0.39 is 29.9 Å². The van der Waals surface area contributed by atoms with Gasteiger partial charge in [0.25, 0.3) is 5.91 Å². The fraction of sp³-hybridized carbons (Fsp3) is 0.267. The number of imidazole rings is 1. The standard InChI is InChI=1S/C15H14F3N3O3/c1-24-13(23)11(21-12(22)9-5-3-2-4-6-9)7-10-8-19-14(20-10)15(16,17)18/h2-6,8,11H,7H2,1H3,(H,19,20)(H,21,22). The summed E-state index contributed by atoms with van der Waals surface area (Å²) in [6.45, 7) is 0. The van der Waals surface area contributed by atoms with Crippen LogP contribution >= 0.6 is 0 Å². The maximum Gasteiger partial charge on any atom is 0.449 e. The number of carbonyl (C=O) groups excluding carboxylic acids is 2. The minimum Gasteiger partial charge on any atom is -0.467 e. The Hall–Kier alpha value is -2.84. The van der Waals surface area contributed by atoms with Crippen LogP contribution in [0.3, 0.4) is 0 Å². The zero-order valence-corrected chi connectivity index (χ0v) is 12.6. The molecule has 9 heteroatoms. The number of carbonyl (C=O) groups is 2. The van der Waals surface area contributed by atoms with Crippen LogP contribution in [0.1, 0.15) is 21.9 Å². The highest BCUT2D eigenvalue weighted by atomic mass is 19.4. The van der Waals surface area contributed by atoms with E-state index >= 15 is 0 Å². The van der Waals surface area contributed by atoms with Gasteiger partial charge in [0.05, 0.1) is 7.11 Å². The highest BCUT2D eigenvalue weighted by Crippen LogP contribution is 2.26. The number of halogens is 3. The van der Waals surface area contributed by atoms with Crippen LogP contribution in [0.25, 0.3) is 0 Å². The Kier molecular flexibility index (Phi) is 5.22. The van der Waals surface area contributed by atoms with Gasteiger partial charge in [0.15, 0.2) is 0 Å². The van der Waals surface area contributed by atoms with E-state index in [9.17, 15) is 22.8 Å². The van der Waals surface area contributed by atoms with E-state index in [4.69, 9.17) is 0 Å². The van der Waals surface area contributed by atoms with Gasteiger partial charge in [-0.25, -0.2) is 9.78 Å². The molecule has 0 aliphatic heterocycles. The smallest absolute Gasteiger partial charge is 0.449 e. The Balaban J connectivity index is 2.13. The van der Waals surface area contributed by atoms with Crippen LogP contribution in [-0.2, 0) is 22.1 Å². The molecule has 1 aromatic heterocycles. The predicted octanol–water partition coefficient (Wildman–Crippen LogP) is 1.94. The normalized spacial score (nSPS) is 12.5. The van der Waals surface area contributed by atoms with Gasteiger partial charge in [-0.1, -0.05) is 18.2 Å². The van der Waals surface area contributed by atoms with Crippen LogP contribution in [0.4, 0.5) is 13.2 Å². The van der Waals surface area contributed by atoms with Crippen molar-refractivity contribution >= 4 is 11.9 Å². The number of hydrogen-bond donors (Lipinski definition) is 2. The van der Waals surface area contributed by atoms with Crippen molar-refractivity contribution in [1.82, 2.24) is 15.3 Å². The number of benzene rings is 1. The second-order valence-corrected chi connectivity index (χ2v) is 4.87. The average molecular weight is 341 g/mol. The van der Waals surface area contributed by atoms with E-state index in [1.165, 1.54) is 0 Å². The van der Waals surface area contributed by atoms with E-state index in [1.807, 2.05) is 0 Å². The molecule has 2 aromatic rings. The third-order valence-corrected chi connectivity index (χ3v) is 3.15. The molecule has 1 amide bonds. The van der Waals surface area contributed by atoms with Gasteiger partial charge < -0.3 is 15.0 Å². The van der Waals surface area contributed by atoms with Gasteiger partial charge in [-0.05, 0) is 12.1 Å². The van der Waals surface area contributed by atoms with Gasteiger partial charge in [0.2, 0.25) is 5.82 Å². The number of rotatable bonds is 5. The second kappa shape index (κ2) is 7.16. The number of nitrogens with zero attached hydrogens (tertiary/aromatic N) is 1. The Morgan fingerprint density at radius 1 is 1.29 bits per heavy atom. The Bertz CT molecular complexity index is 713. The van der Waals surface area contributed by atoms with Crippen LogP contribution in [-0.4, -0.2) is 35.0 Å². The maximum absolute atomic E-state index is 12.5. The van der Waals surface area contributed by atoms with Crippen LogP contribution in [0.15, 0.2) is 36.5 Å². The van der Waals surface area contributed by atoms with Crippen molar-refractivity contribution < 1.29 is 27.5 Å².